The molecule has 2 aromatic carbocycles. The van der Waals surface area contributed by atoms with Crippen LogP contribution in [0.15, 0.2) is 48.5 Å². The molecular weight excluding hydrogens is 256 g/mol. The molecule has 1 saturated heterocycles. The van der Waals surface area contributed by atoms with E-state index in [4.69, 9.17) is 9.47 Å². The minimum Gasteiger partial charge on any atom is -0.497 e. The van der Waals surface area contributed by atoms with Crippen molar-refractivity contribution in [1.82, 2.24) is 0 Å². The normalized spacial score (nSPS) is 20.9. The van der Waals surface area contributed by atoms with E-state index in [1.165, 1.54) is 11.1 Å². The maximum atomic E-state index is 5.19. The van der Waals surface area contributed by atoms with E-state index in [2.05, 4.69) is 24.3 Å². The molecule has 1 heterocycles. The van der Waals surface area contributed by atoms with Gasteiger partial charge < -0.3 is 9.47 Å². The van der Waals surface area contributed by atoms with Crippen LogP contribution in [0.4, 0.5) is 0 Å². The van der Waals surface area contributed by atoms with Crippen molar-refractivity contribution in [1.29, 1.82) is 0 Å². The number of benzene rings is 2. The molecule has 2 unspecified atom stereocenters. The van der Waals surface area contributed by atoms with Crippen molar-refractivity contribution in [2.45, 2.75) is 10.5 Å². The van der Waals surface area contributed by atoms with Crippen LogP contribution in [-0.4, -0.2) is 14.2 Å². The first kappa shape index (κ1) is 12.4. The fraction of sp³-hybridized carbons (Fsp3) is 0.250. The molecule has 0 spiro atoms. The molecule has 0 radical (unpaired) electrons. The van der Waals surface area contributed by atoms with Gasteiger partial charge in [-0.05, 0) is 35.4 Å². The molecule has 0 N–H and O–H groups in total. The van der Waals surface area contributed by atoms with Crippen LogP contribution in [0.25, 0.3) is 0 Å². The molecule has 0 aliphatic carbocycles. The highest BCUT2D eigenvalue weighted by Gasteiger charge is 2.40. The Kier molecular flexibility index (Phi) is 3.38. The van der Waals surface area contributed by atoms with E-state index < -0.39 is 0 Å². The number of hydrogen-bond donors (Lipinski definition) is 0. The summed E-state index contributed by atoms with van der Waals surface area (Å²) >= 11 is 1.99. The second-order valence-corrected chi connectivity index (χ2v) is 5.81. The Hall–Kier alpha value is -1.61. The standard InChI is InChI=1S/C16H16O2S/c1-17-13-7-3-11(4-8-13)15-16(19-15)12-5-9-14(18-2)10-6-12/h3-10,15-16H,1-2H3. The van der Waals surface area contributed by atoms with Gasteiger partial charge >= 0.3 is 0 Å². The summed E-state index contributed by atoms with van der Waals surface area (Å²) in [7, 11) is 3.39. The number of thioether (sulfide) groups is 1. The van der Waals surface area contributed by atoms with Crippen LogP contribution in [0, 0.1) is 0 Å². The quantitative estimate of drug-likeness (QED) is 0.776. The summed E-state index contributed by atoms with van der Waals surface area (Å²) in [5.74, 6) is 1.82. The minimum absolute atomic E-state index is 0.569. The second kappa shape index (κ2) is 5.17. The highest BCUT2D eigenvalue weighted by Crippen LogP contribution is 2.65. The lowest BCUT2D eigenvalue weighted by molar-refractivity contribution is 0.414. The molecule has 0 saturated carbocycles. The largest absolute Gasteiger partial charge is 0.497 e. The van der Waals surface area contributed by atoms with Crippen molar-refractivity contribution in [2.24, 2.45) is 0 Å². The zero-order valence-corrected chi connectivity index (χ0v) is 11.8. The lowest BCUT2D eigenvalue weighted by Gasteiger charge is -2.03. The number of rotatable bonds is 4. The molecule has 2 atom stereocenters. The Morgan fingerprint density at radius 2 is 1.05 bits per heavy atom. The predicted octanol–water partition coefficient (Wildman–Crippen LogP) is 4.23. The van der Waals surface area contributed by atoms with E-state index in [-0.39, 0.29) is 0 Å². The Balaban J connectivity index is 1.72. The molecule has 0 amide bonds. The Morgan fingerprint density at radius 3 is 1.37 bits per heavy atom. The summed E-state index contributed by atoms with van der Waals surface area (Å²) in [6.07, 6.45) is 0. The molecule has 19 heavy (non-hydrogen) atoms. The first-order valence-electron chi connectivity index (χ1n) is 6.25. The molecule has 1 aliphatic rings. The lowest BCUT2D eigenvalue weighted by Crippen LogP contribution is -1.87. The summed E-state index contributed by atoms with van der Waals surface area (Å²) in [4.78, 5) is 0. The third-order valence-electron chi connectivity index (χ3n) is 3.38. The van der Waals surface area contributed by atoms with Gasteiger partial charge in [0.05, 0.1) is 14.2 Å². The second-order valence-electron chi connectivity index (χ2n) is 4.52. The SMILES string of the molecule is COc1ccc(C2SC2c2ccc(OC)cc2)cc1. The zero-order chi connectivity index (χ0) is 13.2. The molecule has 2 aromatic rings. The van der Waals surface area contributed by atoms with Crippen LogP contribution < -0.4 is 9.47 Å². The van der Waals surface area contributed by atoms with E-state index in [0.717, 1.165) is 11.5 Å². The van der Waals surface area contributed by atoms with E-state index >= 15 is 0 Å². The van der Waals surface area contributed by atoms with E-state index in [1.54, 1.807) is 14.2 Å². The molecule has 3 heteroatoms. The van der Waals surface area contributed by atoms with Crippen LogP contribution in [0.2, 0.25) is 0 Å². The van der Waals surface area contributed by atoms with Crippen molar-refractivity contribution in [3.8, 4) is 11.5 Å². The van der Waals surface area contributed by atoms with Crippen LogP contribution in [0.5, 0.6) is 11.5 Å². The molecule has 98 valence electrons. The highest BCUT2D eigenvalue weighted by molar-refractivity contribution is 8.06. The summed E-state index contributed by atoms with van der Waals surface area (Å²) < 4.78 is 10.4. The third-order valence-corrected chi connectivity index (χ3v) is 4.74. The predicted molar refractivity (Wildman–Crippen MR) is 79.1 cm³/mol. The number of methoxy groups -OCH3 is 2. The van der Waals surface area contributed by atoms with Gasteiger partial charge in [0.2, 0.25) is 0 Å². The van der Waals surface area contributed by atoms with Crippen molar-refractivity contribution in [2.75, 3.05) is 14.2 Å². The lowest BCUT2D eigenvalue weighted by atomic mass is 10.0. The van der Waals surface area contributed by atoms with Crippen molar-refractivity contribution >= 4 is 11.8 Å². The third kappa shape index (κ3) is 2.56. The molecular formula is C16H16O2S. The van der Waals surface area contributed by atoms with Gasteiger partial charge in [0.25, 0.3) is 0 Å². The van der Waals surface area contributed by atoms with Gasteiger partial charge in [-0.15, -0.1) is 11.8 Å². The zero-order valence-electron chi connectivity index (χ0n) is 11.0. The maximum absolute atomic E-state index is 5.19. The first-order chi connectivity index (χ1) is 9.31. The van der Waals surface area contributed by atoms with Crippen LogP contribution >= 0.6 is 11.8 Å². The van der Waals surface area contributed by atoms with E-state index in [9.17, 15) is 0 Å². The Labute approximate surface area is 117 Å². The van der Waals surface area contributed by atoms with Gasteiger partial charge in [0.15, 0.2) is 0 Å². The molecule has 2 nitrogen and oxygen atoms in total. The van der Waals surface area contributed by atoms with Crippen molar-refractivity contribution < 1.29 is 9.47 Å². The summed E-state index contributed by atoms with van der Waals surface area (Å²) in [5, 5.41) is 1.14. The average molecular weight is 272 g/mol. The monoisotopic (exact) mass is 272 g/mol. The fourth-order valence-corrected chi connectivity index (χ4v) is 3.37. The molecule has 0 aromatic heterocycles. The number of ether oxygens (including phenoxy) is 2. The summed E-state index contributed by atoms with van der Waals surface area (Å²) in [5.41, 5.74) is 2.73. The van der Waals surface area contributed by atoms with Crippen LogP contribution in [-0.2, 0) is 0 Å². The summed E-state index contributed by atoms with van der Waals surface area (Å²) in [6.45, 7) is 0. The van der Waals surface area contributed by atoms with Gasteiger partial charge in [-0.25, -0.2) is 0 Å². The van der Waals surface area contributed by atoms with Crippen molar-refractivity contribution in [3.63, 3.8) is 0 Å². The molecule has 1 aliphatic heterocycles. The average Bonchev–Trinajstić information content (AvgIpc) is 3.28. The fourth-order valence-electron chi connectivity index (χ4n) is 2.21. The van der Waals surface area contributed by atoms with Gasteiger partial charge in [-0.2, -0.15) is 0 Å². The summed E-state index contributed by atoms with van der Waals surface area (Å²) in [6, 6.07) is 16.7. The van der Waals surface area contributed by atoms with Gasteiger partial charge in [0.1, 0.15) is 11.5 Å². The smallest absolute Gasteiger partial charge is 0.118 e. The van der Waals surface area contributed by atoms with Crippen LogP contribution in [0.1, 0.15) is 21.6 Å². The first-order valence-corrected chi connectivity index (χ1v) is 7.19. The van der Waals surface area contributed by atoms with Gasteiger partial charge in [0, 0.05) is 10.5 Å². The van der Waals surface area contributed by atoms with Crippen LogP contribution in [0.3, 0.4) is 0 Å². The molecule has 0 bridgehead atoms. The molecule has 3 rings (SSSR count). The van der Waals surface area contributed by atoms with Crippen molar-refractivity contribution in [3.05, 3.63) is 59.7 Å². The molecule has 1 fully saturated rings. The van der Waals surface area contributed by atoms with E-state index in [0.29, 0.717) is 10.5 Å². The Bertz CT molecular complexity index is 496. The van der Waals surface area contributed by atoms with Gasteiger partial charge in [-0.3, -0.25) is 0 Å². The van der Waals surface area contributed by atoms with E-state index in [1.807, 2.05) is 36.0 Å². The van der Waals surface area contributed by atoms with Gasteiger partial charge in [-0.1, -0.05) is 24.3 Å². The topological polar surface area (TPSA) is 18.5 Å². The minimum atomic E-state index is 0.569. The maximum Gasteiger partial charge on any atom is 0.118 e. The highest BCUT2D eigenvalue weighted by atomic mass is 32.2. The number of hydrogen-bond acceptors (Lipinski definition) is 3. The Morgan fingerprint density at radius 1 is 0.684 bits per heavy atom.